The van der Waals surface area contributed by atoms with Gasteiger partial charge in [-0.2, -0.15) is 0 Å². The van der Waals surface area contributed by atoms with Gasteiger partial charge in [-0.05, 0) is 30.9 Å². The minimum absolute atomic E-state index is 0.488. The van der Waals surface area contributed by atoms with Crippen molar-refractivity contribution in [2.24, 2.45) is 0 Å². The number of fused-ring (bicyclic) bond motifs is 1. The van der Waals surface area contributed by atoms with Gasteiger partial charge in [0.1, 0.15) is 5.76 Å². The van der Waals surface area contributed by atoms with Gasteiger partial charge in [-0.1, -0.05) is 6.42 Å². The molecule has 12 heavy (non-hydrogen) atoms. The maximum absolute atomic E-state index is 10.4. The predicted octanol–water partition coefficient (Wildman–Crippen LogP) is 2.36. The van der Waals surface area contributed by atoms with E-state index in [0.717, 1.165) is 24.9 Å². The molecular weight excluding hydrogens is 152 g/mol. The van der Waals surface area contributed by atoms with Crippen LogP contribution >= 0.6 is 0 Å². The van der Waals surface area contributed by atoms with Crippen molar-refractivity contribution in [1.29, 1.82) is 0 Å². The van der Waals surface area contributed by atoms with E-state index in [2.05, 4.69) is 0 Å². The fourth-order valence-corrected chi connectivity index (χ4v) is 1.75. The molecule has 0 bridgehead atoms. The highest BCUT2D eigenvalue weighted by Crippen LogP contribution is 2.23. The number of hydrogen-bond acceptors (Lipinski definition) is 2. The van der Waals surface area contributed by atoms with Crippen LogP contribution < -0.4 is 0 Å². The summed E-state index contributed by atoms with van der Waals surface area (Å²) < 4.78 is 5.37. The predicted molar refractivity (Wildman–Crippen MR) is 45.4 cm³/mol. The van der Waals surface area contributed by atoms with Gasteiger partial charge in [0.2, 0.25) is 0 Å². The van der Waals surface area contributed by atoms with Gasteiger partial charge in [0, 0.05) is 6.42 Å². The first-order chi connectivity index (χ1) is 5.90. The summed E-state index contributed by atoms with van der Waals surface area (Å²) in [6.45, 7) is 0. The molecule has 64 valence electrons. The van der Waals surface area contributed by atoms with Crippen molar-refractivity contribution in [3.05, 3.63) is 23.2 Å². The molecule has 1 heterocycles. The van der Waals surface area contributed by atoms with Crippen LogP contribution in [0.5, 0.6) is 0 Å². The summed E-state index contributed by atoms with van der Waals surface area (Å²) in [5.41, 5.74) is 1.25. The van der Waals surface area contributed by atoms with E-state index in [9.17, 15) is 4.79 Å². The van der Waals surface area contributed by atoms with E-state index in [0.29, 0.717) is 5.76 Å². The number of rotatable bonds is 1. The first-order valence-corrected chi connectivity index (χ1v) is 4.47. The Bertz CT molecular complexity index is 263. The Morgan fingerprint density at radius 1 is 1.25 bits per heavy atom. The topological polar surface area (TPSA) is 30.2 Å². The summed E-state index contributed by atoms with van der Waals surface area (Å²) in [6.07, 6.45) is 6.56. The van der Waals surface area contributed by atoms with Crippen LogP contribution in [0.4, 0.5) is 0 Å². The van der Waals surface area contributed by atoms with Crippen LogP contribution in [0, 0.1) is 0 Å². The Morgan fingerprint density at radius 2 is 2.08 bits per heavy atom. The Balaban J connectivity index is 2.32. The van der Waals surface area contributed by atoms with E-state index < -0.39 is 0 Å². The molecule has 1 aromatic rings. The van der Waals surface area contributed by atoms with E-state index in [1.54, 1.807) is 0 Å². The van der Waals surface area contributed by atoms with Gasteiger partial charge in [-0.25, -0.2) is 0 Å². The SMILES string of the molecule is O=Cc1cc2c(o1)CCCCC2. The third-order valence-corrected chi connectivity index (χ3v) is 2.38. The molecule has 1 aliphatic rings. The van der Waals surface area contributed by atoms with Crippen LogP contribution in [0.25, 0.3) is 0 Å². The van der Waals surface area contributed by atoms with E-state index >= 15 is 0 Å². The lowest BCUT2D eigenvalue weighted by Crippen LogP contribution is -1.81. The van der Waals surface area contributed by atoms with Crippen LogP contribution in [-0.4, -0.2) is 6.29 Å². The second-order valence-corrected chi connectivity index (χ2v) is 3.28. The standard InChI is InChI=1S/C10H12O2/c11-7-9-6-8-4-2-1-3-5-10(8)12-9/h6-7H,1-5H2. The van der Waals surface area contributed by atoms with Crippen molar-refractivity contribution in [2.75, 3.05) is 0 Å². The fraction of sp³-hybridized carbons (Fsp3) is 0.500. The number of aldehydes is 1. The molecule has 0 spiro atoms. The van der Waals surface area contributed by atoms with Crippen molar-refractivity contribution in [1.82, 2.24) is 0 Å². The molecular formula is C10H12O2. The quantitative estimate of drug-likeness (QED) is 0.471. The molecule has 2 nitrogen and oxygen atoms in total. The Hall–Kier alpha value is -1.05. The average Bonchev–Trinajstić information content (AvgIpc) is 2.37. The lowest BCUT2D eigenvalue weighted by molar-refractivity contribution is 0.109. The minimum atomic E-state index is 0.488. The largest absolute Gasteiger partial charge is 0.458 e. The van der Waals surface area contributed by atoms with E-state index in [1.165, 1.54) is 24.8 Å². The number of furan rings is 1. The van der Waals surface area contributed by atoms with E-state index in [1.807, 2.05) is 6.07 Å². The molecule has 0 radical (unpaired) electrons. The van der Waals surface area contributed by atoms with Gasteiger partial charge in [-0.15, -0.1) is 0 Å². The summed E-state index contributed by atoms with van der Waals surface area (Å²) in [6, 6.07) is 1.88. The Labute approximate surface area is 71.6 Å². The maximum Gasteiger partial charge on any atom is 0.185 e. The van der Waals surface area contributed by atoms with Crippen LogP contribution in [0.2, 0.25) is 0 Å². The first kappa shape index (κ1) is 7.59. The van der Waals surface area contributed by atoms with Crippen LogP contribution in [0.1, 0.15) is 41.1 Å². The molecule has 2 heteroatoms. The minimum Gasteiger partial charge on any atom is -0.458 e. The molecule has 0 unspecified atom stereocenters. The summed E-state index contributed by atoms with van der Waals surface area (Å²) >= 11 is 0. The molecule has 0 aromatic carbocycles. The summed E-state index contributed by atoms with van der Waals surface area (Å²) in [7, 11) is 0. The molecule has 0 atom stereocenters. The zero-order valence-corrected chi connectivity index (χ0v) is 7.01. The number of carbonyl (C=O) groups is 1. The fourth-order valence-electron chi connectivity index (χ4n) is 1.75. The van der Waals surface area contributed by atoms with E-state index in [4.69, 9.17) is 4.42 Å². The number of aryl methyl sites for hydroxylation is 2. The average molecular weight is 164 g/mol. The Kier molecular flexibility index (Phi) is 1.98. The van der Waals surface area contributed by atoms with Crippen molar-refractivity contribution >= 4 is 6.29 Å². The molecule has 1 aliphatic carbocycles. The molecule has 2 rings (SSSR count). The lowest BCUT2D eigenvalue weighted by Gasteiger charge is -1.91. The summed E-state index contributed by atoms with van der Waals surface area (Å²) in [5, 5.41) is 0. The monoisotopic (exact) mass is 164 g/mol. The molecule has 0 saturated carbocycles. The highest BCUT2D eigenvalue weighted by Gasteiger charge is 2.12. The summed E-state index contributed by atoms with van der Waals surface area (Å²) in [4.78, 5) is 10.4. The normalized spacial score (nSPS) is 16.7. The molecule has 0 N–H and O–H groups in total. The third-order valence-electron chi connectivity index (χ3n) is 2.38. The first-order valence-electron chi connectivity index (χ1n) is 4.47. The molecule has 0 aliphatic heterocycles. The van der Waals surface area contributed by atoms with Gasteiger partial charge in [0.15, 0.2) is 12.0 Å². The lowest BCUT2D eigenvalue weighted by atomic mass is 10.1. The van der Waals surface area contributed by atoms with Gasteiger partial charge in [0.25, 0.3) is 0 Å². The zero-order valence-electron chi connectivity index (χ0n) is 7.01. The van der Waals surface area contributed by atoms with Crippen LogP contribution in [-0.2, 0) is 12.8 Å². The van der Waals surface area contributed by atoms with E-state index in [-0.39, 0.29) is 0 Å². The number of hydrogen-bond donors (Lipinski definition) is 0. The van der Waals surface area contributed by atoms with Crippen LogP contribution in [0.15, 0.2) is 10.5 Å². The second-order valence-electron chi connectivity index (χ2n) is 3.28. The van der Waals surface area contributed by atoms with Crippen LogP contribution in [0.3, 0.4) is 0 Å². The van der Waals surface area contributed by atoms with Crippen molar-refractivity contribution in [2.45, 2.75) is 32.1 Å². The van der Waals surface area contributed by atoms with Gasteiger partial charge < -0.3 is 4.42 Å². The smallest absolute Gasteiger partial charge is 0.185 e. The molecule has 1 aromatic heterocycles. The van der Waals surface area contributed by atoms with Crippen molar-refractivity contribution in [3.8, 4) is 0 Å². The highest BCUT2D eigenvalue weighted by molar-refractivity contribution is 5.71. The highest BCUT2D eigenvalue weighted by atomic mass is 16.3. The van der Waals surface area contributed by atoms with Gasteiger partial charge in [0.05, 0.1) is 0 Å². The third kappa shape index (κ3) is 1.29. The second kappa shape index (κ2) is 3.13. The molecule has 0 amide bonds. The molecule has 0 fully saturated rings. The van der Waals surface area contributed by atoms with Gasteiger partial charge >= 0.3 is 0 Å². The maximum atomic E-state index is 10.4. The molecule has 0 saturated heterocycles. The summed E-state index contributed by atoms with van der Waals surface area (Å²) in [5.74, 6) is 1.52. The van der Waals surface area contributed by atoms with Crippen molar-refractivity contribution in [3.63, 3.8) is 0 Å². The Morgan fingerprint density at radius 3 is 2.92 bits per heavy atom. The zero-order chi connectivity index (χ0) is 8.39. The number of carbonyl (C=O) groups excluding carboxylic acids is 1. The van der Waals surface area contributed by atoms with Crippen molar-refractivity contribution < 1.29 is 9.21 Å². The van der Waals surface area contributed by atoms with Gasteiger partial charge in [-0.3, -0.25) is 4.79 Å².